The zero-order chi connectivity index (χ0) is 30.3. The Morgan fingerprint density at radius 2 is 1.69 bits per heavy atom. The van der Waals surface area contributed by atoms with E-state index in [1.807, 2.05) is 0 Å². The number of hydrogen-bond donors (Lipinski definition) is 1. The van der Waals surface area contributed by atoms with Crippen LogP contribution < -0.4 is 14.4 Å². The third-order valence-corrected chi connectivity index (χ3v) is 9.11. The Labute approximate surface area is 245 Å². The molecule has 3 aromatic carbocycles. The monoisotopic (exact) mass is 594 g/mol. The highest BCUT2D eigenvalue weighted by atomic mass is 32.2. The van der Waals surface area contributed by atoms with Gasteiger partial charge in [-0.15, -0.1) is 0 Å². The molecule has 0 saturated heterocycles. The Balaban J connectivity index is 1.70. The summed E-state index contributed by atoms with van der Waals surface area (Å²) in [6, 6.07) is 18.7. The number of carbonyl (C=O) groups is 2. The molecule has 1 aliphatic carbocycles. The normalized spacial score (nSPS) is 14.1. The van der Waals surface area contributed by atoms with Gasteiger partial charge < -0.3 is 15.0 Å². The molecule has 0 unspecified atom stereocenters. The number of nitro benzene ring substituents is 1. The van der Waals surface area contributed by atoms with Gasteiger partial charge in [0.15, 0.2) is 0 Å². The summed E-state index contributed by atoms with van der Waals surface area (Å²) in [6.45, 7) is 0.945. The zero-order valence-corrected chi connectivity index (χ0v) is 24.3. The molecule has 1 N–H and O–H groups in total. The molecule has 1 atom stereocenters. The van der Waals surface area contributed by atoms with Gasteiger partial charge in [0.05, 0.1) is 22.6 Å². The number of nitrogens with zero attached hydrogens (tertiary/aromatic N) is 3. The summed E-state index contributed by atoms with van der Waals surface area (Å²) in [7, 11) is -2.79. The molecular weight excluding hydrogens is 560 g/mol. The molecule has 3 aromatic rings. The number of sulfonamides is 1. The van der Waals surface area contributed by atoms with Crippen molar-refractivity contribution in [1.29, 1.82) is 0 Å². The molecule has 0 radical (unpaired) electrons. The fourth-order valence-corrected chi connectivity index (χ4v) is 6.34. The van der Waals surface area contributed by atoms with Crippen LogP contribution in [-0.2, 0) is 26.2 Å². The van der Waals surface area contributed by atoms with E-state index in [1.54, 1.807) is 49.4 Å². The summed E-state index contributed by atoms with van der Waals surface area (Å²) in [5.41, 5.74) is 0.332. The maximum Gasteiger partial charge on any atom is 0.271 e. The third kappa shape index (κ3) is 7.24. The lowest BCUT2D eigenvalue weighted by Crippen LogP contribution is -2.52. The molecule has 0 aromatic heterocycles. The van der Waals surface area contributed by atoms with Crippen molar-refractivity contribution in [1.82, 2.24) is 10.2 Å². The van der Waals surface area contributed by atoms with Gasteiger partial charge in [-0.1, -0.05) is 49.2 Å². The first-order valence-electron chi connectivity index (χ1n) is 13.6. The van der Waals surface area contributed by atoms with Crippen molar-refractivity contribution >= 4 is 33.2 Å². The first-order chi connectivity index (χ1) is 20.1. The van der Waals surface area contributed by atoms with Crippen molar-refractivity contribution in [3.8, 4) is 5.75 Å². The van der Waals surface area contributed by atoms with Crippen molar-refractivity contribution < 1.29 is 27.7 Å². The van der Waals surface area contributed by atoms with Gasteiger partial charge in [0.1, 0.15) is 18.3 Å². The van der Waals surface area contributed by atoms with Gasteiger partial charge in [-0.3, -0.25) is 24.0 Å². The second-order valence-corrected chi connectivity index (χ2v) is 12.0. The average Bonchev–Trinajstić information content (AvgIpc) is 3.52. The maximum atomic E-state index is 14.0. The van der Waals surface area contributed by atoms with E-state index in [0.29, 0.717) is 11.3 Å². The lowest BCUT2D eigenvalue weighted by molar-refractivity contribution is -0.384. The van der Waals surface area contributed by atoms with Crippen LogP contribution in [0.2, 0.25) is 0 Å². The van der Waals surface area contributed by atoms with E-state index in [1.165, 1.54) is 42.3 Å². The van der Waals surface area contributed by atoms with Gasteiger partial charge in [-0.25, -0.2) is 8.42 Å². The van der Waals surface area contributed by atoms with Crippen LogP contribution in [0.25, 0.3) is 0 Å². The molecule has 222 valence electrons. The van der Waals surface area contributed by atoms with Crippen LogP contribution >= 0.6 is 0 Å². The zero-order valence-electron chi connectivity index (χ0n) is 23.5. The van der Waals surface area contributed by atoms with Crippen LogP contribution in [0.15, 0.2) is 83.8 Å². The Hall–Kier alpha value is -4.45. The molecule has 42 heavy (non-hydrogen) atoms. The molecule has 1 saturated carbocycles. The van der Waals surface area contributed by atoms with Gasteiger partial charge in [0.2, 0.25) is 11.8 Å². The predicted octanol–water partition coefficient (Wildman–Crippen LogP) is 4.27. The highest BCUT2D eigenvalue weighted by molar-refractivity contribution is 7.92. The maximum absolute atomic E-state index is 14.0. The Morgan fingerprint density at radius 1 is 1.02 bits per heavy atom. The van der Waals surface area contributed by atoms with Gasteiger partial charge >= 0.3 is 0 Å². The van der Waals surface area contributed by atoms with Gasteiger partial charge in [0.25, 0.3) is 15.7 Å². The minimum Gasteiger partial charge on any atom is -0.497 e. The molecule has 0 spiro atoms. The summed E-state index contributed by atoms with van der Waals surface area (Å²) >= 11 is 0. The van der Waals surface area contributed by atoms with E-state index in [-0.39, 0.29) is 34.8 Å². The molecule has 12 heteroatoms. The number of ether oxygens (including phenoxy) is 1. The molecule has 0 aliphatic heterocycles. The van der Waals surface area contributed by atoms with E-state index >= 15 is 0 Å². The molecular formula is C30H34N4O7S. The lowest BCUT2D eigenvalue weighted by atomic mass is 10.1. The van der Waals surface area contributed by atoms with Crippen LogP contribution in [0.4, 0.5) is 11.4 Å². The number of carbonyl (C=O) groups excluding carboxylic acids is 2. The lowest BCUT2D eigenvalue weighted by Gasteiger charge is -2.32. The molecule has 0 bridgehead atoms. The van der Waals surface area contributed by atoms with Gasteiger partial charge in [-0.2, -0.15) is 0 Å². The van der Waals surface area contributed by atoms with Crippen molar-refractivity contribution in [2.75, 3.05) is 18.0 Å². The van der Waals surface area contributed by atoms with Crippen LogP contribution in [-0.4, -0.2) is 55.8 Å². The number of nitro groups is 1. The van der Waals surface area contributed by atoms with Crippen LogP contribution in [0.5, 0.6) is 5.75 Å². The fourth-order valence-electron chi connectivity index (χ4n) is 4.91. The van der Waals surface area contributed by atoms with Crippen LogP contribution in [0.1, 0.15) is 38.2 Å². The Bertz CT molecular complexity index is 1510. The van der Waals surface area contributed by atoms with Crippen molar-refractivity contribution in [3.05, 3.63) is 94.5 Å². The number of hydrogen-bond acceptors (Lipinski definition) is 7. The standard InChI is InChI=1S/C30H34N4O7S/c1-22(30(36)31-24-9-6-7-10-24)32(20-23-15-17-27(41-2)18-16-23)29(35)21-33(25-11-8-12-26(19-25)34(37)38)42(39,40)28-13-4-3-5-14-28/h3-5,8,11-19,22,24H,6-7,9-10,20-21H2,1-2H3,(H,31,36)/t22-/m0/s1. The van der Waals surface area contributed by atoms with E-state index < -0.39 is 33.4 Å². The highest BCUT2D eigenvalue weighted by Crippen LogP contribution is 2.28. The largest absolute Gasteiger partial charge is 0.497 e. The molecule has 1 fully saturated rings. The smallest absolute Gasteiger partial charge is 0.271 e. The van der Waals surface area contributed by atoms with Gasteiger partial charge in [-0.05, 0) is 55.7 Å². The topological polar surface area (TPSA) is 139 Å². The van der Waals surface area contributed by atoms with E-state index in [4.69, 9.17) is 4.74 Å². The minimum absolute atomic E-state index is 0.0241. The molecule has 0 heterocycles. The average molecular weight is 595 g/mol. The van der Waals surface area contributed by atoms with Crippen LogP contribution in [0, 0.1) is 10.1 Å². The van der Waals surface area contributed by atoms with E-state index in [0.717, 1.165) is 36.1 Å². The SMILES string of the molecule is COc1ccc(CN(C(=O)CN(c2cccc([N+](=O)[O-])c2)S(=O)(=O)c2ccccc2)[C@@H](C)C(=O)NC2CCCC2)cc1. The fraction of sp³-hybridized carbons (Fsp3) is 0.333. The van der Waals surface area contributed by atoms with Crippen molar-refractivity contribution in [2.45, 2.75) is 56.1 Å². The summed E-state index contributed by atoms with van der Waals surface area (Å²) in [4.78, 5) is 39.4. The molecule has 1 aliphatic rings. The quantitative estimate of drug-likeness (QED) is 0.244. The highest BCUT2D eigenvalue weighted by Gasteiger charge is 2.33. The van der Waals surface area contributed by atoms with Crippen molar-refractivity contribution in [2.24, 2.45) is 0 Å². The first-order valence-corrected chi connectivity index (χ1v) is 15.1. The third-order valence-electron chi connectivity index (χ3n) is 7.32. The Kier molecular flexibility index (Phi) is 9.79. The Morgan fingerprint density at radius 3 is 2.31 bits per heavy atom. The summed E-state index contributed by atoms with van der Waals surface area (Å²) in [6.07, 6.45) is 3.76. The summed E-state index contributed by atoms with van der Waals surface area (Å²) < 4.78 is 33.7. The van der Waals surface area contributed by atoms with Crippen molar-refractivity contribution in [3.63, 3.8) is 0 Å². The predicted molar refractivity (Wildman–Crippen MR) is 157 cm³/mol. The second-order valence-electron chi connectivity index (χ2n) is 10.1. The number of nitrogens with one attached hydrogen (secondary N) is 1. The van der Waals surface area contributed by atoms with E-state index in [2.05, 4.69) is 5.32 Å². The van der Waals surface area contributed by atoms with Crippen LogP contribution in [0.3, 0.4) is 0 Å². The summed E-state index contributed by atoms with van der Waals surface area (Å²) in [5, 5.41) is 14.5. The van der Waals surface area contributed by atoms with Gasteiger partial charge in [0, 0.05) is 24.7 Å². The number of methoxy groups -OCH3 is 1. The molecule has 2 amide bonds. The molecule has 4 rings (SSSR count). The summed E-state index contributed by atoms with van der Waals surface area (Å²) in [5.74, 6) is -0.364. The molecule has 11 nitrogen and oxygen atoms in total. The number of amides is 2. The van der Waals surface area contributed by atoms with E-state index in [9.17, 15) is 28.1 Å². The number of non-ortho nitro benzene ring substituents is 1. The number of rotatable bonds is 12. The first kappa shape index (κ1) is 30.5. The second kappa shape index (κ2) is 13.5. The minimum atomic E-state index is -4.33. The number of anilines is 1. The number of benzene rings is 3.